The molecule has 0 amide bonds. The van der Waals surface area contributed by atoms with Gasteiger partial charge in [-0.1, -0.05) is 36.7 Å². The summed E-state index contributed by atoms with van der Waals surface area (Å²) in [5.74, 6) is 1.64. The Kier molecular flexibility index (Phi) is 7.93. The number of nitrogens with one attached hydrogen (secondary N) is 1. The van der Waals surface area contributed by atoms with Crippen LogP contribution in [0.1, 0.15) is 31.4 Å². The molecule has 4 heteroatoms. The van der Waals surface area contributed by atoms with E-state index in [-0.39, 0.29) is 0 Å². The molecule has 0 aliphatic rings. The van der Waals surface area contributed by atoms with Gasteiger partial charge in [0.2, 0.25) is 0 Å². The minimum absolute atomic E-state index is 0.635. The summed E-state index contributed by atoms with van der Waals surface area (Å²) in [7, 11) is 0. The van der Waals surface area contributed by atoms with Gasteiger partial charge in [0.15, 0.2) is 11.5 Å². The van der Waals surface area contributed by atoms with Gasteiger partial charge in [0.05, 0.1) is 13.2 Å². The van der Waals surface area contributed by atoms with Crippen molar-refractivity contribution in [1.82, 2.24) is 5.32 Å². The van der Waals surface area contributed by atoms with Crippen LogP contribution in [-0.2, 0) is 13.0 Å². The van der Waals surface area contributed by atoms with Gasteiger partial charge in [-0.25, -0.2) is 0 Å². The topological polar surface area (TPSA) is 30.5 Å². The fourth-order valence-corrected chi connectivity index (χ4v) is 2.50. The lowest BCUT2D eigenvalue weighted by atomic mass is 10.1. The van der Waals surface area contributed by atoms with Crippen molar-refractivity contribution in [2.45, 2.75) is 33.2 Å². The van der Waals surface area contributed by atoms with Crippen molar-refractivity contribution in [2.75, 3.05) is 19.8 Å². The smallest absolute Gasteiger partial charge is 0.161 e. The van der Waals surface area contributed by atoms with E-state index in [9.17, 15) is 0 Å². The third-order valence-corrected chi connectivity index (χ3v) is 3.85. The zero-order valence-corrected chi connectivity index (χ0v) is 15.2. The summed E-state index contributed by atoms with van der Waals surface area (Å²) in [5, 5.41) is 4.25. The summed E-state index contributed by atoms with van der Waals surface area (Å²) in [6, 6.07) is 14.1. The Morgan fingerprint density at radius 3 is 2.38 bits per heavy atom. The van der Waals surface area contributed by atoms with E-state index >= 15 is 0 Å². The second kappa shape index (κ2) is 10.2. The molecule has 3 nitrogen and oxygen atoms in total. The highest BCUT2D eigenvalue weighted by molar-refractivity contribution is 6.30. The van der Waals surface area contributed by atoms with Crippen molar-refractivity contribution in [1.29, 1.82) is 0 Å². The molecule has 0 radical (unpaired) electrons. The summed E-state index contributed by atoms with van der Waals surface area (Å²) in [4.78, 5) is 0. The normalized spacial score (nSPS) is 10.6. The molecule has 0 aliphatic heterocycles. The second-order valence-electron chi connectivity index (χ2n) is 5.62. The molecule has 2 aromatic rings. The standard InChI is InChI=1S/C20H26ClNO2/c1-3-13-24-19-10-7-17(14-20(19)23-4-2)15-22-12-11-16-5-8-18(21)9-6-16/h5-10,14,22H,3-4,11-13,15H2,1-2H3. The molecule has 0 saturated heterocycles. The molecule has 0 fully saturated rings. The molecule has 1 N–H and O–H groups in total. The monoisotopic (exact) mass is 347 g/mol. The average Bonchev–Trinajstić information content (AvgIpc) is 2.60. The van der Waals surface area contributed by atoms with Crippen LogP contribution in [0.3, 0.4) is 0 Å². The number of rotatable bonds is 10. The highest BCUT2D eigenvalue weighted by Crippen LogP contribution is 2.28. The van der Waals surface area contributed by atoms with Gasteiger partial charge in [0.1, 0.15) is 0 Å². The van der Waals surface area contributed by atoms with Crippen LogP contribution in [0.25, 0.3) is 0 Å². The maximum Gasteiger partial charge on any atom is 0.161 e. The Morgan fingerprint density at radius 1 is 0.917 bits per heavy atom. The van der Waals surface area contributed by atoms with Crippen LogP contribution in [-0.4, -0.2) is 19.8 Å². The molecular formula is C20H26ClNO2. The Hall–Kier alpha value is -1.71. The summed E-state index contributed by atoms with van der Waals surface area (Å²) < 4.78 is 11.4. The minimum atomic E-state index is 0.635. The van der Waals surface area contributed by atoms with E-state index in [2.05, 4.69) is 36.5 Å². The molecule has 0 unspecified atom stereocenters. The lowest BCUT2D eigenvalue weighted by molar-refractivity contribution is 0.276. The SMILES string of the molecule is CCCOc1ccc(CNCCc2ccc(Cl)cc2)cc1OCC. The molecule has 0 aromatic heterocycles. The Bertz CT molecular complexity index is 614. The highest BCUT2D eigenvalue weighted by Gasteiger charge is 2.06. The van der Waals surface area contributed by atoms with Crippen LogP contribution >= 0.6 is 11.6 Å². The van der Waals surface area contributed by atoms with Gasteiger partial charge >= 0.3 is 0 Å². The van der Waals surface area contributed by atoms with E-state index in [1.807, 2.05) is 25.1 Å². The predicted octanol–water partition coefficient (Wildman–Crippen LogP) is 4.86. The molecule has 0 spiro atoms. The summed E-state index contributed by atoms with van der Waals surface area (Å²) in [6.07, 6.45) is 1.97. The van der Waals surface area contributed by atoms with Crippen LogP contribution < -0.4 is 14.8 Å². The molecule has 2 rings (SSSR count). The van der Waals surface area contributed by atoms with Crippen LogP contribution in [0.4, 0.5) is 0 Å². The first-order chi connectivity index (χ1) is 11.7. The van der Waals surface area contributed by atoms with Crippen molar-refractivity contribution in [3.05, 3.63) is 58.6 Å². The Morgan fingerprint density at radius 2 is 1.67 bits per heavy atom. The highest BCUT2D eigenvalue weighted by atomic mass is 35.5. The maximum absolute atomic E-state index is 5.90. The van der Waals surface area contributed by atoms with Gasteiger partial charge in [0, 0.05) is 11.6 Å². The molecule has 0 aliphatic carbocycles. The van der Waals surface area contributed by atoms with Crippen LogP contribution in [0.15, 0.2) is 42.5 Å². The van der Waals surface area contributed by atoms with Crippen molar-refractivity contribution in [3.63, 3.8) is 0 Å². The number of hydrogen-bond donors (Lipinski definition) is 1. The number of benzene rings is 2. The fourth-order valence-electron chi connectivity index (χ4n) is 2.38. The maximum atomic E-state index is 5.90. The van der Waals surface area contributed by atoms with E-state index in [0.29, 0.717) is 13.2 Å². The van der Waals surface area contributed by atoms with Gasteiger partial charge in [-0.2, -0.15) is 0 Å². The zero-order valence-electron chi connectivity index (χ0n) is 14.5. The first-order valence-electron chi connectivity index (χ1n) is 8.56. The van der Waals surface area contributed by atoms with E-state index in [1.54, 1.807) is 0 Å². The third-order valence-electron chi connectivity index (χ3n) is 3.60. The van der Waals surface area contributed by atoms with Crippen LogP contribution in [0.5, 0.6) is 11.5 Å². The average molecular weight is 348 g/mol. The van der Waals surface area contributed by atoms with Crippen molar-refractivity contribution in [2.24, 2.45) is 0 Å². The van der Waals surface area contributed by atoms with Gasteiger partial charge in [-0.3, -0.25) is 0 Å². The number of hydrogen-bond acceptors (Lipinski definition) is 3. The van der Waals surface area contributed by atoms with E-state index in [4.69, 9.17) is 21.1 Å². The Balaban J connectivity index is 1.85. The molecular weight excluding hydrogens is 322 g/mol. The van der Waals surface area contributed by atoms with E-state index in [0.717, 1.165) is 42.5 Å². The predicted molar refractivity (Wildman–Crippen MR) is 100 cm³/mol. The van der Waals surface area contributed by atoms with Gasteiger partial charge in [-0.15, -0.1) is 0 Å². The van der Waals surface area contributed by atoms with E-state index in [1.165, 1.54) is 11.1 Å². The Labute approximate surface area is 149 Å². The van der Waals surface area contributed by atoms with Crippen LogP contribution in [0.2, 0.25) is 5.02 Å². The number of ether oxygens (including phenoxy) is 2. The fraction of sp³-hybridized carbons (Fsp3) is 0.400. The molecule has 0 atom stereocenters. The quantitative estimate of drug-likeness (QED) is 0.622. The minimum Gasteiger partial charge on any atom is -0.490 e. The van der Waals surface area contributed by atoms with Crippen molar-refractivity contribution in [3.8, 4) is 11.5 Å². The molecule has 0 saturated carbocycles. The zero-order chi connectivity index (χ0) is 17.2. The third kappa shape index (κ3) is 6.06. The summed E-state index contributed by atoms with van der Waals surface area (Å²) in [5.41, 5.74) is 2.48. The molecule has 24 heavy (non-hydrogen) atoms. The molecule has 2 aromatic carbocycles. The largest absolute Gasteiger partial charge is 0.490 e. The lowest BCUT2D eigenvalue weighted by Gasteiger charge is -2.13. The first-order valence-corrected chi connectivity index (χ1v) is 8.94. The van der Waals surface area contributed by atoms with Crippen molar-refractivity contribution < 1.29 is 9.47 Å². The molecule has 0 heterocycles. The second-order valence-corrected chi connectivity index (χ2v) is 6.05. The molecule has 0 bridgehead atoms. The lowest BCUT2D eigenvalue weighted by Crippen LogP contribution is -2.16. The van der Waals surface area contributed by atoms with Gasteiger partial charge in [-0.05, 0) is 61.7 Å². The number of halogens is 1. The first kappa shape index (κ1) is 18.6. The van der Waals surface area contributed by atoms with Crippen molar-refractivity contribution >= 4 is 11.6 Å². The molecule has 130 valence electrons. The van der Waals surface area contributed by atoms with Crippen LogP contribution in [0, 0.1) is 0 Å². The summed E-state index contributed by atoms with van der Waals surface area (Å²) >= 11 is 5.90. The summed E-state index contributed by atoms with van der Waals surface area (Å²) in [6.45, 7) is 7.15. The van der Waals surface area contributed by atoms with E-state index < -0.39 is 0 Å². The van der Waals surface area contributed by atoms with Gasteiger partial charge < -0.3 is 14.8 Å². The van der Waals surface area contributed by atoms with Gasteiger partial charge in [0.25, 0.3) is 0 Å².